The van der Waals surface area contributed by atoms with Crippen molar-refractivity contribution in [2.24, 2.45) is 0 Å². The van der Waals surface area contributed by atoms with Crippen molar-refractivity contribution >= 4 is 0 Å². The zero-order valence-electron chi connectivity index (χ0n) is 12.0. The highest BCUT2D eigenvalue weighted by Crippen LogP contribution is 2.23. The zero-order chi connectivity index (χ0) is 13.4. The number of hydrogen-bond acceptors (Lipinski definition) is 2. The molecule has 0 radical (unpaired) electrons. The lowest BCUT2D eigenvalue weighted by Crippen LogP contribution is -2.38. The van der Waals surface area contributed by atoms with E-state index in [0.717, 1.165) is 11.1 Å². The number of hydrogen-bond donors (Lipinski definition) is 0. The lowest BCUT2D eigenvalue weighted by Gasteiger charge is -2.24. The lowest BCUT2D eigenvalue weighted by atomic mass is 9.93. The average Bonchev–Trinajstić information content (AvgIpc) is 2.13. The van der Waals surface area contributed by atoms with Crippen LogP contribution in [0.2, 0.25) is 0 Å². The Morgan fingerprint density at radius 3 is 2.00 bits per heavy atom. The molecular formula is C14H24N2O. The second kappa shape index (κ2) is 4.63. The molecule has 0 aliphatic carbocycles. The van der Waals surface area contributed by atoms with Gasteiger partial charge in [-0.1, -0.05) is 27.7 Å². The quantitative estimate of drug-likeness (QED) is 0.790. The van der Waals surface area contributed by atoms with Crippen LogP contribution in [0.15, 0.2) is 11.0 Å². The molecule has 0 saturated heterocycles. The molecule has 17 heavy (non-hydrogen) atoms. The third-order valence-corrected chi connectivity index (χ3v) is 2.88. The molecular weight excluding hydrogens is 212 g/mol. The largest absolute Gasteiger partial charge is 0.270 e. The van der Waals surface area contributed by atoms with E-state index >= 15 is 0 Å². The molecule has 0 spiro atoms. The third kappa shape index (κ3) is 2.76. The first-order valence-corrected chi connectivity index (χ1v) is 6.28. The Balaban J connectivity index is 3.56. The second-order valence-corrected chi connectivity index (χ2v) is 6.21. The molecule has 0 bridgehead atoms. The summed E-state index contributed by atoms with van der Waals surface area (Å²) in [7, 11) is 0. The monoisotopic (exact) mass is 236 g/mol. The highest BCUT2D eigenvalue weighted by Gasteiger charge is 2.22. The van der Waals surface area contributed by atoms with Crippen molar-refractivity contribution < 1.29 is 0 Å². The van der Waals surface area contributed by atoms with Crippen molar-refractivity contribution in [3.8, 4) is 0 Å². The van der Waals surface area contributed by atoms with Crippen molar-refractivity contribution in [3.63, 3.8) is 0 Å². The van der Waals surface area contributed by atoms with Crippen LogP contribution in [-0.4, -0.2) is 9.78 Å². The molecule has 1 aromatic rings. The summed E-state index contributed by atoms with van der Waals surface area (Å²) < 4.78 is 1.59. The first-order valence-electron chi connectivity index (χ1n) is 6.28. The summed E-state index contributed by atoms with van der Waals surface area (Å²) in [6.07, 6.45) is 1.85. The molecule has 0 aliphatic heterocycles. The van der Waals surface area contributed by atoms with Gasteiger partial charge in [0.2, 0.25) is 0 Å². The lowest BCUT2D eigenvalue weighted by molar-refractivity contribution is 0.333. The van der Waals surface area contributed by atoms with Gasteiger partial charge in [-0.2, -0.15) is 5.10 Å². The van der Waals surface area contributed by atoms with Gasteiger partial charge in [-0.25, -0.2) is 4.68 Å². The van der Waals surface area contributed by atoms with Crippen LogP contribution in [0, 0.1) is 0 Å². The molecule has 0 atom stereocenters. The van der Waals surface area contributed by atoms with Crippen molar-refractivity contribution in [1.82, 2.24) is 9.78 Å². The van der Waals surface area contributed by atoms with E-state index in [2.05, 4.69) is 32.8 Å². The van der Waals surface area contributed by atoms with E-state index in [1.807, 2.05) is 27.0 Å². The Morgan fingerprint density at radius 1 is 1.12 bits per heavy atom. The summed E-state index contributed by atoms with van der Waals surface area (Å²) in [5.41, 5.74) is 1.77. The molecule has 0 aromatic carbocycles. The van der Waals surface area contributed by atoms with Crippen LogP contribution >= 0.6 is 0 Å². The Labute approximate surface area is 104 Å². The number of rotatable bonds is 2. The SMILES string of the molecule is CC(C)c1cnn(C(C)(C)C)c(=O)c1C(C)C. The fourth-order valence-corrected chi connectivity index (χ4v) is 2.00. The highest BCUT2D eigenvalue weighted by atomic mass is 16.1. The van der Waals surface area contributed by atoms with E-state index in [-0.39, 0.29) is 17.0 Å². The topological polar surface area (TPSA) is 34.9 Å². The van der Waals surface area contributed by atoms with Crippen molar-refractivity contribution in [2.45, 2.75) is 65.8 Å². The van der Waals surface area contributed by atoms with Crippen LogP contribution in [-0.2, 0) is 5.54 Å². The standard InChI is InChI=1S/C14H24N2O/c1-9(2)11-8-15-16(14(5,6)7)13(17)12(11)10(3)4/h8-10H,1-7H3. The molecule has 0 saturated carbocycles. The summed E-state index contributed by atoms with van der Waals surface area (Å²) >= 11 is 0. The van der Waals surface area contributed by atoms with Gasteiger partial charge in [-0.15, -0.1) is 0 Å². The van der Waals surface area contributed by atoms with Crippen LogP contribution in [0.5, 0.6) is 0 Å². The van der Waals surface area contributed by atoms with Gasteiger partial charge in [0, 0.05) is 5.56 Å². The molecule has 0 fully saturated rings. The molecule has 1 heterocycles. The van der Waals surface area contributed by atoms with Gasteiger partial charge in [-0.3, -0.25) is 4.79 Å². The van der Waals surface area contributed by atoms with Crippen LogP contribution in [0.3, 0.4) is 0 Å². The van der Waals surface area contributed by atoms with Crippen LogP contribution < -0.4 is 5.56 Å². The molecule has 0 amide bonds. The van der Waals surface area contributed by atoms with Gasteiger partial charge in [-0.05, 0) is 38.2 Å². The molecule has 1 rings (SSSR count). The summed E-state index contributed by atoms with van der Waals surface area (Å²) in [5.74, 6) is 0.568. The van der Waals surface area contributed by atoms with Crippen molar-refractivity contribution in [3.05, 3.63) is 27.7 Å². The fourth-order valence-electron chi connectivity index (χ4n) is 2.00. The van der Waals surface area contributed by atoms with Gasteiger partial charge in [0.05, 0.1) is 11.7 Å². The van der Waals surface area contributed by atoms with Gasteiger partial charge in [0.1, 0.15) is 0 Å². The predicted molar refractivity (Wildman–Crippen MR) is 71.7 cm³/mol. The maximum absolute atomic E-state index is 12.5. The van der Waals surface area contributed by atoms with E-state index in [0.29, 0.717) is 5.92 Å². The smallest absolute Gasteiger partial charge is 0.267 e. The first-order chi connectivity index (χ1) is 7.66. The minimum atomic E-state index is -0.268. The summed E-state index contributed by atoms with van der Waals surface area (Å²) in [6.45, 7) is 14.3. The molecule has 1 aromatic heterocycles. The third-order valence-electron chi connectivity index (χ3n) is 2.88. The van der Waals surface area contributed by atoms with Crippen LogP contribution in [0.25, 0.3) is 0 Å². The molecule has 96 valence electrons. The normalized spacial score (nSPS) is 12.5. The van der Waals surface area contributed by atoms with E-state index in [1.54, 1.807) is 4.68 Å². The summed E-state index contributed by atoms with van der Waals surface area (Å²) in [6, 6.07) is 0. The maximum atomic E-state index is 12.5. The van der Waals surface area contributed by atoms with Gasteiger partial charge in [0.15, 0.2) is 0 Å². The zero-order valence-corrected chi connectivity index (χ0v) is 12.0. The highest BCUT2D eigenvalue weighted by molar-refractivity contribution is 5.27. The van der Waals surface area contributed by atoms with E-state index in [1.165, 1.54) is 0 Å². The molecule has 3 heteroatoms. The maximum Gasteiger partial charge on any atom is 0.270 e. The predicted octanol–water partition coefficient (Wildman–Crippen LogP) is 3.25. The van der Waals surface area contributed by atoms with E-state index < -0.39 is 0 Å². The molecule has 0 unspecified atom stereocenters. The minimum absolute atomic E-state index is 0.0544. The fraction of sp³-hybridized carbons (Fsp3) is 0.714. The van der Waals surface area contributed by atoms with E-state index in [9.17, 15) is 4.79 Å². The van der Waals surface area contributed by atoms with Crippen LogP contribution in [0.1, 0.15) is 71.4 Å². The molecule has 0 N–H and O–H groups in total. The van der Waals surface area contributed by atoms with Crippen molar-refractivity contribution in [2.75, 3.05) is 0 Å². The Kier molecular flexibility index (Phi) is 3.80. The minimum Gasteiger partial charge on any atom is -0.267 e. The Morgan fingerprint density at radius 2 is 1.65 bits per heavy atom. The number of aromatic nitrogens is 2. The van der Waals surface area contributed by atoms with Gasteiger partial charge in [0.25, 0.3) is 5.56 Å². The van der Waals surface area contributed by atoms with Crippen molar-refractivity contribution in [1.29, 1.82) is 0 Å². The average molecular weight is 236 g/mol. The summed E-state index contributed by atoms with van der Waals surface area (Å²) in [4.78, 5) is 12.5. The first kappa shape index (κ1) is 13.9. The Hall–Kier alpha value is -1.12. The van der Waals surface area contributed by atoms with Gasteiger partial charge < -0.3 is 0 Å². The summed E-state index contributed by atoms with van der Waals surface area (Å²) in [5, 5.41) is 4.32. The second-order valence-electron chi connectivity index (χ2n) is 6.21. The van der Waals surface area contributed by atoms with E-state index in [4.69, 9.17) is 0 Å². The molecule has 3 nitrogen and oxygen atoms in total. The van der Waals surface area contributed by atoms with Crippen LogP contribution in [0.4, 0.5) is 0 Å². The molecule has 0 aliphatic rings. The number of nitrogens with zero attached hydrogens (tertiary/aromatic N) is 2. The van der Waals surface area contributed by atoms with Gasteiger partial charge >= 0.3 is 0 Å². The Bertz CT molecular complexity index is 450.